The number of hydrogen-bond acceptors (Lipinski definition) is 3. The molecule has 0 unspecified atom stereocenters. The number of nitrogens with zero attached hydrogens (tertiary/aromatic N) is 2. The van der Waals surface area contributed by atoms with Gasteiger partial charge in [-0.1, -0.05) is 19.3 Å². The van der Waals surface area contributed by atoms with Crippen molar-refractivity contribution in [3.8, 4) is 0 Å². The van der Waals surface area contributed by atoms with E-state index in [1.54, 1.807) is 0 Å². The third kappa shape index (κ3) is 2.48. The Morgan fingerprint density at radius 3 is 2.44 bits per heavy atom. The molecule has 0 amide bonds. The SMILES string of the molecule is NCC1(c2nccc(C(F)(F)F)n2)CCCCC1. The Balaban J connectivity index is 2.37. The Morgan fingerprint density at radius 2 is 1.89 bits per heavy atom. The van der Waals surface area contributed by atoms with Crippen LogP contribution in [0.4, 0.5) is 13.2 Å². The van der Waals surface area contributed by atoms with Crippen molar-refractivity contribution >= 4 is 0 Å². The van der Waals surface area contributed by atoms with Crippen molar-refractivity contribution in [1.29, 1.82) is 0 Å². The minimum absolute atomic E-state index is 0.250. The van der Waals surface area contributed by atoms with Gasteiger partial charge in [0.05, 0.1) is 0 Å². The Hall–Kier alpha value is -1.17. The van der Waals surface area contributed by atoms with Gasteiger partial charge in [0.15, 0.2) is 0 Å². The number of halogens is 3. The maximum Gasteiger partial charge on any atom is 0.433 e. The van der Waals surface area contributed by atoms with E-state index in [0.717, 1.165) is 38.2 Å². The highest BCUT2D eigenvalue weighted by Crippen LogP contribution is 2.37. The quantitative estimate of drug-likeness (QED) is 0.888. The lowest BCUT2D eigenvalue weighted by Gasteiger charge is -2.34. The van der Waals surface area contributed by atoms with Crippen LogP contribution in [0.1, 0.15) is 43.6 Å². The van der Waals surface area contributed by atoms with Gasteiger partial charge in [-0.15, -0.1) is 0 Å². The second-order valence-electron chi connectivity index (χ2n) is 4.81. The second kappa shape index (κ2) is 4.84. The standard InChI is InChI=1S/C12H16F3N3/c13-12(14,15)9-4-7-17-10(18-9)11(8-16)5-2-1-3-6-11/h4,7H,1-3,5-6,8,16H2. The van der Waals surface area contributed by atoms with Crippen LogP contribution in [0.3, 0.4) is 0 Å². The molecule has 100 valence electrons. The fraction of sp³-hybridized carbons (Fsp3) is 0.667. The monoisotopic (exact) mass is 259 g/mol. The highest BCUT2D eigenvalue weighted by atomic mass is 19.4. The van der Waals surface area contributed by atoms with E-state index in [1.165, 1.54) is 6.20 Å². The fourth-order valence-electron chi connectivity index (χ4n) is 2.52. The molecular formula is C12H16F3N3. The molecule has 0 aliphatic heterocycles. The Kier molecular flexibility index (Phi) is 3.56. The van der Waals surface area contributed by atoms with Gasteiger partial charge >= 0.3 is 6.18 Å². The predicted octanol–water partition coefficient (Wildman–Crippen LogP) is 2.66. The summed E-state index contributed by atoms with van der Waals surface area (Å²) in [6.07, 6.45) is 1.32. The average molecular weight is 259 g/mol. The molecule has 0 aromatic carbocycles. The first kappa shape index (κ1) is 13.3. The number of nitrogens with two attached hydrogens (primary N) is 1. The van der Waals surface area contributed by atoms with E-state index in [-0.39, 0.29) is 5.82 Å². The third-order valence-corrected chi connectivity index (χ3v) is 3.62. The number of aromatic nitrogens is 2. The van der Waals surface area contributed by atoms with Gasteiger partial charge in [0.2, 0.25) is 0 Å². The molecule has 1 aromatic rings. The topological polar surface area (TPSA) is 51.8 Å². The first-order valence-corrected chi connectivity index (χ1v) is 6.09. The molecule has 0 saturated heterocycles. The van der Waals surface area contributed by atoms with Crippen molar-refractivity contribution in [3.63, 3.8) is 0 Å². The fourth-order valence-corrected chi connectivity index (χ4v) is 2.52. The maximum absolute atomic E-state index is 12.6. The Bertz CT molecular complexity index is 411. The van der Waals surface area contributed by atoms with Gasteiger partial charge < -0.3 is 5.73 Å². The molecular weight excluding hydrogens is 243 g/mol. The molecule has 1 heterocycles. The number of alkyl halides is 3. The lowest BCUT2D eigenvalue weighted by Crippen LogP contribution is -2.39. The van der Waals surface area contributed by atoms with Crippen molar-refractivity contribution < 1.29 is 13.2 Å². The predicted molar refractivity (Wildman–Crippen MR) is 60.9 cm³/mol. The lowest BCUT2D eigenvalue weighted by atomic mass is 9.73. The molecule has 1 aliphatic carbocycles. The van der Waals surface area contributed by atoms with Crippen LogP contribution in [-0.4, -0.2) is 16.5 Å². The van der Waals surface area contributed by atoms with Gasteiger partial charge in [0, 0.05) is 18.2 Å². The van der Waals surface area contributed by atoms with Crippen LogP contribution in [-0.2, 0) is 11.6 Å². The summed E-state index contributed by atoms with van der Waals surface area (Å²) < 4.78 is 37.9. The number of rotatable bonds is 2. The zero-order valence-electron chi connectivity index (χ0n) is 10.0. The lowest BCUT2D eigenvalue weighted by molar-refractivity contribution is -0.141. The second-order valence-corrected chi connectivity index (χ2v) is 4.81. The first-order chi connectivity index (χ1) is 8.48. The van der Waals surface area contributed by atoms with Crippen LogP contribution in [0.25, 0.3) is 0 Å². The van der Waals surface area contributed by atoms with E-state index in [1.807, 2.05) is 0 Å². The van der Waals surface area contributed by atoms with Crippen LogP contribution in [0.2, 0.25) is 0 Å². The third-order valence-electron chi connectivity index (χ3n) is 3.62. The van der Waals surface area contributed by atoms with E-state index < -0.39 is 17.3 Å². The molecule has 0 radical (unpaired) electrons. The van der Waals surface area contributed by atoms with Crippen molar-refractivity contribution in [2.45, 2.75) is 43.7 Å². The van der Waals surface area contributed by atoms with Crippen molar-refractivity contribution in [1.82, 2.24) is 9.97 Å². The molecule has 0 atom stereocenters. The zero-order chi connectivity index (χ0) is 13.2. The summed E-state index contributed by atoms with van der Waals surface area (Å²) in [5, 5.41) is 0. The molecule has 1 aliphatic rings. The highest BCUT2D eigenvalue weighted by Gasteiger charge is 2.38. The molecule has 1 fully saturated rings. The summed E-state index contributed by atoms with van der Waals surface area (Å²) >= 11 is 0. The van der Waals surface area contributed by atoms with Crippen LogP contribution >= 0.6 is 0 Å². The smallest absolute Gasteiger partial charge is 0.329 e. The van der Waals surface area contributed by atoms with Gasteiger partial charge in [0.1, 0.15) is 11.5 Å². The first-order valence-electron chi connectivity index (χ1n) is 6.09. The highest BCUT2D eigenvalue weighted by molar-refractivity contribution is 5.15. The summed E-state index contributed by atoms with van der Waals surface area (Å²) in [6, 6.07) is 0.899. The van der Waals surface area contributed by atoms with Gasteiger partial charge in [-0.25, -0.2) is 9.97 Å². The molecule has 6 heteroatoms. The average Bonchev–Trinajstić information content (AvgIpc) is 2.39. The van der Waals surface area contributed by atoms with E-state index in [0.29, 0.717) is 6.54 Å². The Labute approximate surface area is 104 Å². The van der Waals surface area contributed by atoms with E-state index >= 15 is 0 Å². The molecule has 3 nitrogen and oxygen atoms in total. The van der Waals surface area contributed by atoms with E-state index in [2.05, 4.69) is 9.97 Å². The Morgan fingerprint density at radius 1 is 1.22 bits per heavy atom. The maximum atomic E-state index is 12.6. The summed E-state index contributed by atoms with van der Waals surface area (Å²) in [7, 11) is 0. The summed E-state index contributed by atoms with van der Waals surface area (Å²) in [6.45, 7) is 0.300. The van der Waals surface area contributed by atoms with Crippen molar-refractivity contribution in [3.05, 3.63) is 23.8 Å². The normalized spacial score (nSPS) is 19.8. The molecule has 1 saturated carbocycles. The summed E-state index contributed by atoms with van der Waals surface area (Å²) in [5.74, 6) is 0.250. The molecule has 1 aromatic heterocycles. The molecule has 0 bridgehead atoms. The molecule has 2 rings (SSSR count). The van der Waals surface area contributed by atoms with Crippen LogP contribution in [0.15, 0.2) is 12.3 Å². The van der Waals surface area contributed by atoms with E-state index in [4.69, 9.17) is 5.73 Å². The van der Waals surface area contributed by atoms with Gasteiger partial charge in [0.25, 0.3) is 0 Å². The van der Waals surface area contributed by atoms with Gasteiger partial charge in [-0.05, 0) is 18.9 Å². The zero-order valence-corrected chi connectivity index (χ0v) is 10.0. The minimum atomic E-state index is -4.43. The summed E-state index contributed by atoms with van der Waals surface area (Å²) in [4.78, 5) is 7.72. The summed E-state index contributed by atoms with van der Waals surface area (Å²) in [5.41, 5.74) is 4.41. The minimum Gasteiger partial charge on any atom is -0.329 e. The number of hydrogen-bond donors (Lipinski definition) is 1. The van der Waals surface area contributed by atoms with Gasteiger partial charge in [-0.3, -0.25) is 0 Å². The van der Waals surface area contributed by atoms with Gasteiger partial charge in [-0.2, -0.15) is 13.2 Å². The van der Waals surface area contributed by atoms with E-state index in [9.17, 15) is 13.2 Å². The molecule has 18 heavy (non-hydrogen) atoms. The van der Waals surface area contributed by atoms with Crippen LogP contribution < -0.4 is 5.73 Å². The largest absolute Gasteiger partial charge is 0.433 e. The van der Waals surface area contributed by atoms with Crippen LogP contribution in [0.5, 0.6) is 0 Å². The molecule has 2 N–H and O–H groups in total. The van der Waals surface area contributed by atoms with Crippen molar-refractivity contribution in [2.75, 3.05) is 6.54 Å². The van der Waals surface area contributed by atoms with Crippen LogP contribution in [0, 0.1) is 0 Å². The molecule has 0 spiro atoms. The van der Waals surface area contributed by atoms with Crippen molar-refractivity contribution in [2.24, 2.45) is 5.73 Å².